The lowest BCUT2D eigenvalue weighted by atomic mass is 10.1. The van der Waals surface area contributed by atoms with E-state index >= 15 is 0 Å². The molecule has 0 aliphatic carbocycles. The average molecular weight is 444 g/mol. The highest BCUT2D eigenvalue weighted by Gasteiger charge is 2.35. The Hall–Kier alpha value is -3.33. The zero-order valence-corrected chi connectivity index (χ0v) is 17.5. The molecule has 0 radical (unpaired) electrons. The molecule has 2 heterocycles. The van der Waals surface area contributed by atoms with Crippen molar-refractivity contribution in [3.8, 4) is 11.5 Å². The minimum absolute atomic E-state index is 0.201. The van der Waals surface area contributed by atoms with Gasteiger partial charge in [-0.1, -0.05) is 18.2 Å². The van der Waals surface area contributed by atoms with E-state index in [4.69, 9.17) is 4.42 Å². The molecule has 1 saturated heterocycles. The Kier molecular flexibility index (Phi) is 6.18. The summed E-state index contributed by atoms with van der Waals surface area (Å²) in [6.45, 7) is 2.86. The summed E-state index contributed by atoms with van der Waals surface area (Å²) in [6.07, 6.45) is -3.46. The highest BCUT2D eigenvalue weighted by Crippen LogP contribution is 2.37. The first-order valence-corrected chi connectivity index (χ1v) is 10.2. The second kappa shape index (κ2) is 9.04. The van der Waals surface area contributed by atoms with Crippen molar-refractivity contribution in [2.24, 2.45) is 0 Å². The Bertz CT molecular complexity index is 1070. The molecule has 3 aromatic rings. The third-order valence-electron chi connectivity index (χ3n) is 5.37. The number of carbonyl (C=O) groups is 1. The van der Waals surface area contributed by atoms with Crippen LogP contribution in [0.1, 0.15) is 11.3 Å². The first-order chi connectivity index (χ1) is 15.3. The number of aromatic nitrogens is 1. The molecule has 1 N–H and O–H groups in total. The lowest BCUT2D eigenvalue weighted by Crippen LogP contribution is -2.44. The number of anilines is 2. The average Bonchev–Trinajstić information content (AvgIpc) is 3.23. The van der Waals surface area contributed by atoms with E-state index in [9.17, 15) is 18.0 Å². The van der Waals surface area contributed by atoms with Gasteiger partial charge in [0.15, 0.2) is 0 Å². The van der Waals surface area contributed by atoms with Gasteiger partial charge < -0.3 is 19.5 Å². The predicted molar refractivity (Wildman–Crippen MR) is 115 cm³/mol. The molecule has 1 aliphatic heterocycles. The van der Waals surface area contributed by atoms with Crippen molar-refractivity contribution in [1.82, 2.24) is 9.88 Å². The fraction of sp³-hybridized carbons (Fsp3) is 0.304. The van der Waals surface area contributed by atoms with Gasteiger partial charge in [0, 0.05) is 37.4 Å². The molecule has 32 heavy (non-hydrogen) atoms. The molecule has 0 bridgehead atoms. The highest BCUT2D eigenvalue weighted by atomic mass is 19.4. The number of benzene rings is 2. The maximum Gasteiger partial charge on any atom is 0.418 e. The first kappa shape index (κ1) is 21.9. The number of nitrogens with one attached hydrogen (secondary N) is 1. The Morgan fingerprint density at radius 1 is 1.09 bits per heavy atom. The number of likely N-dealkylation sites (N-methyl/N-ethyl adjacent to an activating group) is 1. The largest absolute Gasteiger partial charge is 0.444 e. The Labute approximate surface area is 183 Å². The molecule has 0 saturated carbocycles. The summed E-state index contributed by atoms with van der Waals surface area (Å²) in [5.74, 6) is -0.253. The molecule has 168 valence electrons. The third kappa shape index (κ3) is 5.11. The van der Waals surface area contributed by atoms with Gasteiger partial charge in [0.1, 0.15) is 6.26 Å². The van der Waals surface area contributed by atoms with Crippen molar-refractivity contribution in [2.75, 3.05) is 43.4 Å². The zero-order chi connectivity index (χ0) is 22.7. The highest BCUT2D eigenvalue weighted by molar-refractivity contribution is 5.93. The number of halogens is 3. The van der Waals surface area contributed by atoms with Crippen LogP contribution < -0.4 is 10.2 Å². The maximum atomic E-state index is 13.7. The monoisotopic (exact) mass is 444 g/mol. The van der Waals surface area contributed by atoms with Gasteiger partial charge in [0.2, 0.25) is 11.8 Å². The van der Waals surface area contributed by atoms with Crippen molar-refractivity contribution >= 4 is 17.3 Å². The molecule has 2 aromatic carbocycles. The number of alkyl halides is 3. The second-order valence-corrected chi connectivity index (χ2v) is 7.75. The number of nitrogens with zero attached hydrogens (tertiary/aromatic N) is 3. The molecule has 1 amide bonds. The van der Waals surface area contributed by atoms with E-state index in [0.29, 0.717) is 30.4 Å². The van der Waals surface area contributed by atoms with Crippen LogP contribution in [0.4, 0.5) is 24.5 Å². The van der Waals surface area contributed by atoms with Crippen molar-refractivity contribution in [2.45, 2.75) is 12.6 Å². The number of rotatable bonds is 5. The molecule has 1 fully saturated rings. The Morgan fingerprint density at radius 3 is 2.50 bits per heavy atom. The zero-order valence-electron chi connectivity index (χ0n) is 17.5. The van der Waals surface area contributed by atoms with Crippen LogP contribution >= 0.6 is 0 Å². The van der Waals surface area contributed by atoms with Crippen molar-refractivity contribution in [3.63, 3.8) is 0 Å². The minimum Gasteiger partial charge on any atom is -0.444 e. The molecular formula is C23H23F3N4O2. The van der Waals surface area contributed by atoms with Gasteiger partial charge in [-0.2, -0.15) is 13.2 Å². The second-order valence-electron chi connectivity index (χ2n) is 7.75. The van der Waals surface area contributed by atoms with Crippen LogP contribution in [0.2, 0.25) is 0 Å². The third-order valence-corrected chi connectivity index (χ3v) is 5.37. The van der Waals surface area contributed by atoms with E-state index < -0.39 is 17.6 Å². The lowest BCUT2D eigenvalue weighted by Gasteiger charge is -2.34. The molecule has 1 aliphatic rings. The van der Waals surface area contributed by atoms with Gasteiger partial charge in [0.25, 0.3) is 0 Å². The van der Waals surface area contributed by atoms with Crippen LogP contribution in [0, 0.1) is 0 Å². The number of amides is 1. The fourth-order valence-electron chi connectivity index (χ4n) is 3.60. The Balaban J connectivity index is 1.48. The number of hydrogen-bond donors (Lipinski definition) is 1. The predicted octanol–water partition coefficient (Wildman–Crippen LogP) is 4.29. The molecular weight excluding hydrogens is 421 g/mol. The van der Waals surface area contributed by atoms with Gasteiger partial charge in [-0.3, -0.25) is 4.79 Å². The summed E-state index contributed by atoms with van der Waals surface area (Å²) in [7, 11) is 1.98. The van der Waals surface area contributed by atoms with E-state index in [1.54, 1.807) is 6.07 Å². The quantitative estimate of drug-likeness (QED) is 0.636. The number of oxazole rings is 1. The van der Waals surface area contributed by atoms with Crippen LogP contribution in [0.3, 0.4) is 0 Å². The summed E-state index contributed by atoms with van der Waals surface area (Å²) >= 11 is 0. The van der Waals surface area contributed by atoms with Gasteiger partial charge in [0.05, 0.1) is 23.4 Å². The van der Waals surface area contributed by atoms with E-state index in [2.05, 4.69) is 15.2 Å². The van der Waals surface area contributed by atoms with Crippen molar-refractivity contribution < 1.29 is 22.4 Å². The molecule has 0 atom stereocenters. The van der Waals surface area contributed by atoms with Crippen molar-refractivity contribution in [3.05, 3.63) is 66.1 Å². The summed E-state index contributed by atoms with van der Waals surface area (Å²) < 4.78 is 46.6. The van der Waals surface area contributed by atoms with E-state index in [-0.39, 0.29) is 12.1 Å². The number of piperazine rings is 1. The van der Waals surface area contributed by atoms with E-state index in [1.165, 1.54) is 12.3 Å². The molecule has 6 nitrogen and oxygen atoms in total. The smallest absolute Gasteiger partial charge is 0.418 e. The van der Waals surface area contributed by atoms with Gasteiger partial charge in [-0.25, -0.2) is 4.98 Å². The summed E-state index contributed by atoms with van der Waals surface area (Å²) in [4.78, 5) is 20.8. The van der Waals surface area contributed by atoms with E-state index in [1.807, 2.05) is 42.3 Å². The number of hydrogen-bond acceptors (Lipinski definition) is 5. The van der Waals surface area contributed by atoms with Crippen LogP contribution in [0.5, 0.6) is 0 Å². The van der Waals surface area contributed by atoms with Crippen LogP contribution in [0.25, 0.3) is 11.5 Å². The molecule has 4 rings (SSSR count). The van der Waals surface area contributed by atoms with Crippen LogP contribution in [-0.2, 0) is 17.4 Å². The molecule has 1 aromatic heterocycles. The summed E-state index contributed by atoms with van der Waals surface area (Å²) in [6, 6.07) is 13.2. The van der Waals surface area contributed by atoms with Gasteiger partial charge in [-0.15, -0.1) is 0 Å². The van der Waals surface area contributed by atoms with E-state index in [0.717, 1.165) is 24.7 Å². The van der Waals surface area contributed by atoms with Gasteiger partial charge >= 0.3 is 6.18 Å². The van der Waals surface area contributed by atoms with Crippen LogP contribution in [-0.4, -0.2) is 49.0 Å². The SMILES string of the molecule is CN1CCN(c2ccc(NC(=O)Cc3coc(-c4ccccc4)n3)c(C(F)(F)F)c2)CC1. The minimum atomic E-state index is -4.60. The fourth-order valence-corrected chi connectivity index (χ4v) is 3.60. The Morgan fingerprint density at radius 2 is 1.81 bits per heavy atom. The van der Waals surface area contributed by atoms with Crippen LogP contribution in [0.15, 0.2) is 59.2 Å². The van der Waals surface area contributed by atoms with Gasteiger partial charge in [-0.05, 0) is 37.4 Å². The normalized spacial score (nSPS) is 15.1. The topological polar surface area (TPSA) is 61.6 Å². The molecule has 9 heteroatoms. The maximum absolute atomic E-state index is 13.7. The lowest BCUT2D eigenvalue weighted by molar-refractivity contribution is -0.136. The summed E-state index contributed by atoms with van der Waals surface area (Å²) in [5, 5.41) is 2.38. The number of carbonyl (C=O) groups excluding carboxylic acids is 1. The standard InChI is InChI=1S/C23H23F3N4O2/c1-29-9-11-30(12-10-29)18-7-8-20(19(14-18)23(24,25)26)28-21(31)13-17-15-32-22(27-17)16-5-3-2-4-6-16/h2-8,14-15H,9-13H2,1H3,(H,28,31). The van der Waals surface area contributed by atoms with Crippen molar-refractivity contribution in [1.29, 1.82) is 0 Å². The molecule has 0 spiro atoms. The molecule has 0 unspecified atom stereocenters. The summed E-state index contributed by atoms with van der Waals surface area (Å²) in [5.41, 5.74) is 0.439. The first-order valence-electron chi connectivity index (χ1n) is 10.2.